The maximum absolute atomic E-state index is 11.0. The molecule has 1 aromatic carbocycles. The summed E-state index contributed by atoms with van der Waals surface area (Å²) in [4.78, 5) is 0. The Labute approximate surface area is 163 Å². The number of benzene rings is 1. The van der Waals surface area contributed by atoms with Gasteiger partial charge < -0.3 is 19.7 Å². The van der Waals surface area contributed by atoms with E-state index in [-0.39, 0.29) is 17.9 Å². The maximum atomic E-state index is 11.0. The van der Waals surface area contributed by atoms with E-state index in [1.165, 1.54) is 0 Å². The summed E-state index contributed by atoms with van der Waals surface area (Å²) < 4.78 is 11.9. The van der Waals surface area contributed by atoms with Crippen LogP contribution in [0.5, 0.6) is 11.5 Å². The fourth-order valence-corrected chi connectivity index (χ4v) is 4.87. The van der Waals surface area contributed by atoms with Crippen molar-refractivity contribution in [2.45, 2.75) is 71.0 Å². The van der Waals surface area contributed by atoms with Crippen molar-refractivity contribution in [3.05, 3.63) is 35.4 Å². The molecule has 1 aliphatic heterocycles. The van der Waals surface area contributed by atoms with Gasteiger partial charge in [-0.2, -0.15) is 0 Å². The maximum Gasteiger partial charge on any atom is 0.127 e. The predicted octanol–water partition coefficient (Wildman–Crippen LogP) is 4.19. The second-order valence-electron chi connectivity index (χ2n) is 9.30. The number of fused-ring (bicyclic) bond motifs is 1. The van der Waals surface area contributed by atoms with Gasteiger partial charge in [-0.05, 0) is 75.1 Å². The molecular formula is C23H34O4. The molecule has 27 heavy (non-hydrogen) atoms. The van der Waals surface area contributed by atoms with Crippen LogP contribution in [0.15, 0.2) is 24.3 Å². The van der Waals surface area contributed by atoms with Gasteiger partial charge in [-0.25, -0.2) is 0 Å². The normalized spacial score (nSPS) is 32.8. The molecule has 1 aliphatic carbocycles. The molecule has 4 heteroatoms. The van der Waals surface area contributed by atoms with E-state index < -0.39 is 11.2 Å². The third-order valence-electron chi connectivity index (χ3n) is 6.51. The number of hydrogen-bond donors (Lipinski definition) is 2. The van der Waals surface area contributed by atoms with Gasteiger partial charge in [0.05, 0.1) is 19.3 Å². The summed E-state index contributed by atoms with van der Waals surface area (Å²) in [7, 11) is 1.70. The molecule has 0 aromatic heterocycles. The molecular weight excluding hydrogens is 340 g/mol. The Kier molecular flexibility index (Phi) is 5.35. The van der Waals surface area contributed by atoms with E-state index >= 15 is 0 Å². The van der Waals surface area contributed by atoms with Gasteiger partial charge in [0.2, 0.25) is 0 Å². The lowest BCUT2D eigenvalue weighted by Crippen LogP contribution is -2.51. The van der Waals surface area contributed by atoms with E-state index in [1.54, 1.807) is 7.11 Å². The lowest BCUT2D eigenvalue weighted by molar-refractivity contribution is -0.111. The molecule has 3 atom stereocenters. The van der Waals surface area contributed by atoms with E-state index in [0.29, 0.717) is 6.42 Å². The van der Waals surface area contributed by atoms with Crippen molar-refractivity contribution in [3.8, 4) is 11.5 Å². The van der Waals surface area contributed by atoms with Crippen LogP contribution < -0.4 is 9.47 Å². The molecule has 0 saturated heterocycles. The average Bonchev–Trinajstić information content (AvgIpc) is 2.59. The lowest BCUT2D eigenvalue weighted by Gasteiger charge is -2.48. The molecule has 4 nitrogen and oxygen atoms in total. The highest BCUT2D eigenvalue weighted by Gasteiger charge is 2.47. The lowest BCUT2D eigenvalue weighted by atomic mass is 9.61. The Hall–Kier alpha value is -1.52. The van der Waals surface area contributed by atoms with Gasteiger partial charge in [-0.15, -0.1) is 0 Å². The quantitative estimate of drug-likeness (QED) is 0.776. The monoisotopic (exact) mass is 374 g/mol. The second kappa shape index (κ2) is 7.14. The number of aryl methyl sites for hydroxylation is 1. The molecule has 3 rings (SSSR count). The van der Waals surface area contributed by atoms with Crippen molar-refractivity contribution < 1.29 is 19.7 Å². The van der Waals surface area contributed by atoms with E-state index in [1.807, 2.05) is 13.0 Å². The molecule has 0 bridgehead atoms. The van der Waals surface area contributed by atoms with Gasteiger partial charge >= 0.3 is 0 Å². The van der Waals surface area contributed by atoms with Crippen molar-refractivity contribution in [3.63, 3.8) is 0 Å². The number of aliphatic hydroxyl groups excluding tert-OH is 1. The van der Waals surface area contributed by atoms with Crippen LogP contribution >= 0.6 is 0 Å². The third-order valence-corrected chi connectivity index (χ3v) is 6.51. The van der Waals surface area contributed by atoms with Crippen LogP contribution in [0.25, 0.3) is 0 Å². The second-order valence-corrected chi connectivity index (χ2v) is 9.30. The zero-order valence-electron chi connectivity index (χ0n) is 17.3. The van der Waals surface area contributed by atoms with Gasteiger partial charge in [-0.3, -0.25) is 0 Å². The first-order chi connectivity index (χ1) is 12.6. The van der Waals surface area contributed by atoms with Gasteiger partial charge in [0, 0.05) is 11.5 Å². The minimum atomic E-state index is -1.05. The van der Waals surface area contributed by atoms with Crippen LogP contribution in [-0.2, 0) is 6.42 Å². The molecule has 0 unspecified atom stereocenters. The van der Waals surface area contributed by atoms with E-state index in [0.717, 1.165) is 48.3 Å². The summed E-state index contributed by atoms with van der Waals surface area (Å²) in [6.07, 6.45) is 8.55. The summed E-state index contributed by atoms with van der Waals surface area (Å²) in [6.45, 7) is 8.28. The highest BCUT2D eigenvalue weighted by Crippen LogP contribution is 2.48. The van der Waals surface area contributed by atoms with E-state index in [9.17, 15) is 10.2 Å². The van der Waals surface area contributed by atoms with Crippen LogP contribution in [0, 0.1) is 18.3 Å². The fourth-order valence-electron chi connectivity index (χ4n) is 4.87. The minimum Gasteiger partial charge on any atom is -0.496 e. The number of ether oxygens (including phenoxy) is 2. The van der Waals surface area contributed by atoms with Gasteiger partial charge in [0.25, 0.3) is 0 Å². The molecule has 1 fully saturated rings. The first-order valence-corrected chi connectivity index (χ1v) is 10.0. The number of methoxy groups -OCH3 is 1. The Balaban J connectivity index is 1.87. The predicted molar refractivity (Wildman–Crippen MR) is 107 cm³/mol. The number of aliphatic hydroxyl groups is 2. The molecule has 2 N–H and O–H groups in total. The molecule has 0 spiro atoms. The Morgan fingerprint density at radius 1 is 1.22 bits per heavy atom. The fraction of sp³-hybridized carbons (Fsp3) is 0.652. The zero-order valence-corrected chi connectivity index (χ0v) is 17.3. The van der Waals surface area contributed by atoms with Crippen molar-refractivity contribution in [2.75, 3.05) is 13.7 Å². The van der Waals surface area contributed by atoms with Crippen LogP contribution in [0.1, 0.15) is 57.6 Å². The molecule has 1 saturated carbocycles. The molecule has 2 aliphatic rings. The zero-order chi connectivity index (χ0) is 19.9. The van der Waals surface area contributed by atoms with Crippen molar-refractivity contribution in [1.29, 1.82) is 0 Å². The highest BCUT2D eigenvalue weighted by atomic mass is 16.5. The Morgan fingerprint density at radius 2 is 1.96 bits per heavy atom. The summed E-state index contributed by atoms with van der Waals surface area (Å²) in [5.74, 6) is 1.67. The summed E-state index contributed by atoms with van der Waals surface area (Å²) in [5.41, 5.74) is 0.687. The smallest absolute Gasteiger partial charge is 0.127 e. The molecule has 1 aromatic rings. The van der Waals surface area contributed by atoms with Crippen LogP contribution in [0.3, 0.4) is 0 Å². The summed E-state index contributed by atoms with van der Waals surface area (Å²) in [5, 5.41) is 20.8. The molecule has 150 valence electrons. The highest BCUT2D eigenvalue weighted by molar-refractivity contribution is 5.49. The van der Waals surface area contributed by atoms with Crippen LogP contribution in [0.2, 0.25) is 0 Å². The SMILES string of the molecule is COc1cc(C)cc2c1CC[C@](C)(C=C[C@H]1C(C)(C)CCC[C@@]1(O)CO)O2. The largest absolute Gasteiger partial charge is 0.496 e. The number of hydrogen-bond acceptors (Lipinski definition) is 4. The van der Waals surface area contributed by atoms with E-state index in [2.05, 4.69) is 39.0 Å². The Bertz CT molecular complexity index is 723. The first-order valence-electron chi connectivity index (χ1n) is 10.0. The average molecular weight is 375 g/mol. The molecule has 0 amide bonds. The topological polar surface area (TPSA) is 58.9 Å². The van der Waals surface area contributed by atoms with Gasteiger partial charge in [0.15, 0.2) is 0 Å². The minimum absolute atomic E-state index is 0.0605. The standard InChI is InChI=1S/C23H34O4/c1-16-13-18(26-5)17-7-11-22(4,27-19(17)14-16)12-8-20-21(2,3)9-6-10-23(20,25)15-24/h8,12-14,20,24-25H,6-7,9-11,15H2,1-5H3/t20-,22+,23+/m0/s1. The van der Waals surface area contributed by atoms with Gasteiger partial charge in [-0.1, -0.05) is 19.9 Å². The van der Waals surface area contributed by atoms with Crippen molar-refractivity contribution in [2.24, 2.45) is 11.3 Å². The number of rotatable bonds is 4. The molecule has 1 heterocycles. The third kappa shape index (κ3) is 3.88. The first kappa shape index (κ1) is 20.2. The van der Waals surface area contributed by atoms with E-state index in [4.69, 9.17) is 9.47 Å². The van der Waals surface area contributed by atoms with Crippen LogP contribution in [-0.4, -0.2) is 35.1 Å². The summed E-state index contributed by atoms with van der Waals surface area (Å²) >= 11 is 0. The van der Waals surface area contributed by atoms with Crippen molar-refractivity contribution in [1.82, 2.24) is 0 Å². The van der Waals surface area contributed by atoms with Crippen LogP contribution in [0.4, 0.5) is 0 Å². The summed E-state index contributed by atoms with van der Waals surface area (Å²) in [6, 6.07) is 4.12. The van der Waals surface area contributed by atoms with Crippen molar-refractivity contribution >= 4 is 0 Å². The Morgan fingerprint density at radius 3 is 2.63 bits per heavy atom. The molecule has 0 radical (unpaired) electrons. The van der Waals surface area contributed by atoms with Gasteiger partial charge in [0.1, 0.15) is 17.1 Å².